The molecule has 4 rings (SSSR count). The van der Waals surface area contributed by atoms with Crippen molar-refractivity contribution >= 4 is 33.2 Å². The highest BCUT2D eigenvalue weighted by Gasteiger charge is 2.48. The van der Waals surface area contributed by atoms with Gasteiger partial charge in [0.15, 0.2) is 12.6 Å². The Bertz CT molecular complexity index is 1220. The summed E-state index contributed by atoms with van der Waals surface area (Å²) in [6.45, 7) is -2.06. The number of carbonyl (C=O) groups is 1. The van der Waals surface area contributed by atoms with Crippen LogP contribution in [0.25, 0.3) is 0 Å². The van der Waals surface area contributed by atoms with E-state index in [-0.39, 0.29) is 18.7 Å². The Morgan fingerprint density at radius 1 is 0.846 bits per heavy atom. The van der Waals surface area contributed by atoms with Gasteiger partial charge in [-0.1, -0.05) is 40.1 Å². The number of carbonyl (C=O) groups excluding carboxylic acids is 1. The van der Waals surface area contributed by atoms with Crippen molar-refractivity contribution in [2.24, 2.45) is 0 Å². The van der Waals surface area contributed by atoms with E-state index in [9.17, 15) is 61.0 Å². The molecule has 12 N–H and O–H groups in total. The zero-order chi connectivity index (χ0) is 37.9. The van der Waals surface area contributed by atoms with Crippen LogP contribution in [-0.4, -0.2) is 179 Å². The van der Waals surface area contributed by atoms with E-state index in [0.717, 1.165) is 24.8 Å². The Labute approximate surface area is 309 Å². The fourth-order valence-electron chi connectivity index (χ4n) is 6.07. The van der Waals surface area contributed by atoms with Crippen LogP contribution in [0.15, 0.2) is 24.3 Å². The van der Waals surface area contributed by atoms with Crippen molar-refractivity contribution in [3.05, 3.63) is 29.8 Å². The van der Waals surface area contributed by atoms with Gasteiger partial charge in [0.05, 0.1) is 25.9 Å². The molecule has 0 aliphatic carbocycles. The third-order valence-electron chi connectivity index (χ3n) is 9.36. The van der Waals surface area contributed by atoms with Crippen LogP contribution in [0.4, 0.5) is 5.69 Å². The number of aryl methyl sites for hydroxylation is 1. The van der Waals surface area contributed by atoms with E-state index in [1.165, 1.54) is 12.2 Å². The van der Waals surface area contributed by atoms with Crippen molar-refractivity contribution in [3.63, 3.8) is 0 Å². The molecule has 3 heterocycles. The molecule has 3 fully saturated rings. The van der Waals surface area contributed by atoms with Crippen LogP contribution < -0.4 is 5.32 Å². The molecule has 298 valence electrons. The molecule has 0 bridgehead atoms. The molecule has 19 heteroatoms. The Hall–Kier alpha value is -1.21. The molecule has 0 spiro atoms. The second kappa shape index (κ2) is 21.2. The molecule has 3 saturated heterocycles. The van der Waals surface area contributed by atoms with Crippen LogP contribution >= 0.6 is 21.6 Å². The lowest BCUT2D eigenvalue weighted by Crippen LogP contribution is -2.62. The first kappa shape index (κ1) is 43.5. The van der Waals surface area contributed by atoms with Crippen LogP contribution in [0.2, 0.25) is 0 Å². The molecular formula is C33H53NO16S2. The van der Waals surface area contributed by atoms with Crippen molar-refractivity contribution in [1.29, 1.82) is 0 Å². The number of unbranched alkanes of at least 4 members (excludes halogenated alkanes) is 1. The zero-order valence-corrected chi connectivity index (χ0v) is 30.2. The molecule has 15 unspecified atom stereocenters. The van der Waals surface area contributed by atoms with Crippen molar-refractivity contribution < 1.29 is 79.9 Å². The summed E-state index contributed by atoms with van der Waals surface area (Å²) < 4.78 is 21.4. The van der Waals surface area contributed by atoms with Gasteiger partial charge in [-0.05, 0) is 49.8 Å². The van der Waals surface area contributed by atoms with Gasteiger partial charge in [-0.3, -0.25) is 4.79 Å². The highest BCUT2D eigenvalue weighted by Crippen LogP contribution is 2.40. The number of rotatable bonds is 19. The maximum Gasteiger partial charge on any atom is 0.224 e. The number of nitrogens with one attached hydrogen (secondary N) is 1. The molecule has 0 saturated carbocycles. The van der Waals surface area contributed by atoms with Gasteiger partial charge in [0.2, 0.25) is 5.91 Å². The predicted octanol–water partition coefficient (Wildman–Crippen LogP) is -2.64. The summed E-state index contributed by atoms with van der Waals surface area (Å²) in [5.74, 6) is 1.10. The maximum absolute atomic E-state index is 12.4. The average Bonchev–Trinajstić information content (AvgIpc) is 3.66. The molecule has 3 aliphatic heterocycles. The van der Waals surface area contributed by atoms with E-state index in [0.29, 0.717) is 17.4 Å². The lowest BCUT2D eigenvalue weighted by molar-refractivity contribution is -0.333. The van der Waals surface area contributed by atoms with Crippen molar-refractivity contribution in [3.8, 4) is 0 Å². The second-order valence-corrected chi connectivity index (χ2v) is 16.1. The molecule has 15 atom stereocenters. The van der Waals surface area contributed by atoms with Gasteiger partial charge in [-0.25, -0.2) is 0 Å². The van der Waals surface area contributed by atoms with Crippen LogP contribution in [-0.2, 0) is 30.2 Å². The normalized spacial score (nSPS) is 34.8. The van der Waals surface area contributed by atoms with Crippen LogP contribution in [0.1, 0.15) is 44.1 Å². The summed E-state index contributed by atoms with van der Waals surface area (Å²) in [7, 11) is 3.83. The van der Waals surface area contributed by atoms with E-state index in [1.807, 2.05) is 21.6 Å². The molecule has 52 heavy (non-hydrogen) atoms. The van der Waals surface area contributed by atoms with E-state index >= 15 is 0 Å². The lowest BCUT2D eigenvalue weighted by Gasteiger charge is -2.42. The largest absolute Gasteiger partial charge is 0.394 e. The fraction of sp³-hybridized carbons (Fsp3) is 0.788. The summed E-state index contributed by atoms with van der Waals surface area (Å²) in [5.41, 5.74) is 1.35. The Morgan fingerprint density at radius 3 is 2.17 bits per heavy atom. The SMILES string of the molecule is O=C(CCCCC1CCSS1)Nc1cccc(CCC(O)C(O)C(O)C(O)COC2OC(COC3OC(CO)C(O)C(O)C3O)C(O)C(O)C2O)c1. The summed E-state index contributed by atoms with van der Waals surface area (Å²) in [4.78, 5) is 12.4. The zero-order valence-electron chi connectivity index (χ0n) is 28.5. The number of hydrogen-bond acceptors (Lipinski definition) is 18. The Morgan fingerprint density at radius 2 is 1.50 bits per heavy atom. The van der Waals surface area contributed by atoms with Crippen molar-refractivity contribution in [2.45, 2.75) is 136 Å². The second-order valence-electron chi connectivity index (χ2n) is 13.4. The van der Waals surface area contributed by atoms with E-state index in [2.05, 4.69) is 5.32 Å². The van der Waals surface area contributed by atoms with E-state index in [4.69, 9.17) is 18.9 Å². The average molecular weight is 784 g/mol. The number of aliphatic hydroxyl groups excluding tert-OH is 11. The van der Waals surface area contributed by atoms with Gasteiger partial charge in [0, 0.05) is 23.1 Å². The Kier molecular flexibility index (Phi) is 17.7. The van der Waals surface area contributed by atoms with E-state index < -0.39 is 106 Å². The molecule has 3 aliphatic rings. The van der Waals surface area contributed by atoms with E-state index in [1.54, 1.807) is 24.3 Å². The van der Waals surface area contributed by atoms with Gasteiger partial charge < -0.3 is 80.4 Å². The third kappa shape index (κ3) is 12.1. The summed E-state index contributed by atoms with van der Waals surface area (Å²) in [5, 5.41) is 116. The van der Waals surface area contributed by atoms with Crippen LogP contribution in [0, 0.1) is 0 Å². The van der Waals surface area contributed by atoms with Gasteiger partial charge >= 0.3 is 0 Å². The van der Waals surface area contributed by atoms with Crippen molar-refractivity contribution in [2.75, 3.05) is 30.9 Å². The lowest BCUT2D eigenvalue weighted by atomic mass is 9.97. The standard InChI is InChI=1S/C33H53NO16S2/c35-13-21-26(41)28(43)30(45)33(49-21)48-15-22-27(42)29(44)31(46)32(50-22)47-14-20(37)25(40)24(39)19(36)9-8-16-4-3-5-17(12-16)34-23(38)7-2-1-6-18-10-11-51-52-18/h3-5,12,18-22,24-33,35-37,39-46H,1-2,6-11,13-15H2,(H,34,38). The quantitative estimate of drug-likeness (QED) is 0.0504. The highest BCUT2D eigenvalue weighted by atomic mass is 33.1. The summed E-state index contributed by atoms with van der Waals surface area (Å²) in [6, 6.07) is 7.05. The number of ether oxygens (including phenoxy) is 4. The fourth-order valence-corrected chi connectivity index (χ4v) is 9.10. The smallest absolute Gasteiger partial charge is 0.224 e. The predicted molar refractivity (Wildman–Crippen MR) is 187 cm³/mol. The van der Waals surface area contributed by atoms with Gasteiger partial charge in [0.25, 0.3) is 0 Å². The topological polar surface area (TPSA) is 289 Å². The first-order valence-corrected chi connectivity index (χ1v) is 19.8. The minimum absolute atomic E-state index is 0.00861. The monoisotopic (exact) mass is 783 g/mol. The number of hydrogen-bond donors (Lipinski definition) is 12. The molecule has 1 aromatic rings. The minimum atomic E-state index is -1.91. The van der Waals surface area contributed by atoms with Gasteiger partial charge in [0.1, 0.15) is 67.1 Å². The van der Waals surface area contributed by atoms with Crippen molar-refractivity contribution in [1.82, 2.24) is 0 Å². The third-order valence-corrected chi connectivity index (χ3v) is 12.4. The van der Waals surface area contributed by atoms with Crippen LogP contribution in [0.3, 0.4) is 0 Å². The summed E-state index contributed by atoms with van der Waals surface area (Å²) >= 11 is 0. The summed E-state index contributed by atoms with van der Waals surface area (Å²) in [6.07, 6.45) is -18.7. The number of anilines is 1. The first-order valence-electron chi connectivity index (χ1n) is 17.4. The van der Waals surface area contributed by atoms with Gasteiger partial charge in [-0.15, -0.1) is 0 Å². The number of aliphatic hydroxyl groups is 11. The molecule has 1 amide bonds. The minimum Gasteiger partial charge on any atom is -0.394 e. The number of amides is 1. The Balaban J connectivity index is 1.19. The molecule has 0 radical (unpaired) electrons. The molecule has 1 aromatic carbocycles. The number of benzene rings is 1. The van der Waals surface area contributed by atoms with Crippen LogP contribution in [0.5, 0.6) is 0 Å². The molecule has 17 nitrogen and oxygen atoms in total. The van der Waals surface area contributed by atoms with Gasteiger partial charge in [-0.2, -0.15) is 0 Å². The molecular weight excluding hydrogens is 730 g/mol. The first-order chi connectivity index (χ1) is 24.8. The highest BCUT2D eigenvalue weighted by molar-refractivity contribution is 8.77. The maximum atomic E-state index is 12.4. The molecule has 0 aromatic heterocycles.